The van der Waals surface area contributed by atoms with Crippen molar-refractivity contribution in [2.45, 2.75) is 38.5 Å². The highest BCUT2D eigenvalue weighted by molar-refractivity contribution is 5.20. The van der Waals surface area contributed by atoms with Gasteiger partial charge < -0.3 is 0 Å². The molecule has 71 valence electrons. The average Bonchev–Trinajstić information content (AvgIpc) is 2.47. The molecule has 2 rings (SSSR count). The van der Waals surface area contributed by atoms with E-state index < -0.39 is 0 Å². The van der Waals surface area contributed by atoms with E-state index in [4.69, 9.17) is 0 Å². The highest BCUT2D eigenvalue weighted by Crippen LogP contribution is 2.29. The van der Waals surface area contributed by atoms with E-state index in [0.717, 1.165) is 12.5 Å². The first-order valence-electron chi connectivity index (χ1n) is 5.49. The molecule has 1 radical (unpaired) electrons. The summed E-state index contributed by atoms with van der Waals surface area (Å²) in [5.74, 6) is 0.844. The lowest BCUT2D eigenvalue weighted by Crippen LogP contribution is -2.14. The molecule has 1 fully saturated rings. The Morgan fingerprint density at radius 1 is 1.08 bits per heavy atom. The lowest BCUT2D eigenvalue weighted by molar-refractivity contribution is 0.514. The van der Waals surface area contributed by atoms with E-state index in [2.05, 4.69) is 17.5 Å². The van der Waals surface area contributed by atoms with E-state index in [-0.39, 0.29) is 0 Å². The van der Waals surface area contributed by atoms with Gasteiger partial charge >= 0.3 is 0 Å². The fourth-order valence-electron chi connectivity index (χ4n) is 2.35. The summed E-state index contributed by atoms with van der Waals surface area (Å²) in [6.45, 7) is 0.959. The normalized spacial score (nSPS) is 24.8. The Balaban J connectivity index is 1.97. The van der Waals surface area contributed by atoms with Crippen molar-refractivity contribution in [2.75, 3.05) is 6.54 Å². The monoisotopic (exact) mass is 176 g/mol. The summed E-state index contributed by atoms with van der Waals surface area (Å²) >= 11 is 0. The fraction of sp³-hybridized carbons (Fsp3) is 0.667. The second kappa shape index (κ2) is 4.50. The molecule has 2 aliphatic rings. The summed E-state index contributed by atoms with van der Waals surface area (Å²) in [4.78, 5) is 0. The quantitative estimate of drug-likeness (QED) is 0.545. The van der Waals surface area contributed by atoms with Gasteiger partial charge in [0, 0.05) is 6.20 Å². The minimum Gasteiger partial charge on any atom is -0.289 e. The molecule has 0 aromatic rings. The number of hydrogen-bond acceptors (Lipinski definition) is 0. The first-order valence-corrected chi connectivity index (χ1v) is 5.49. The second-order valence-corrected chi connectivity index (χ2v) is 4.11. The lowest BCUT2D eigenvalue weighted by Gasteiger charge is -2.19. The van der Waals surface area contributed by atoms with Gasteiger partial charge in [-0.25, -0.2) is 0 Å². The van der Waals surface area contributed by atoms with Crippen molar-refractivity contribution >= 4 is 0 Å². The molecule has 0 aromatic carbocycles. The molecule has 0 N–H and O–H groups in total. The van der Waals surface area contributed by atoms with E-state index in [0.29, 0.717) is 0 Å². The maximum Gasteiger partial charge on any atom is 0.0605 e. The Bertz CT molecular complexity index is 207. The van der Waals surface area contributed by atoms with Crippen LogP contribution in [0.2, 0.25) is 0 Å². The smallest absolute Gasteiger partial charge is 0.0605 e. The number of allylic oxidation sites excluding steroid dienone is 2. The van der Waals surface area contributed by atoms with Crippen LogP contribution in [0.1, 0.15) is 38.5 Å². The molecule has 0 atom stereocenters. The van der Waals surface area contributed by atoms with E-state index in [1.54, 1.807) is 5.57 Å². The third-order valence-electron chi connectivity index (χ3n) is 3.16. The molecule has 13 heavy (non-hydrogen) atoms. The predicted molar refractivity (Wildman–Crippen MR) is 55.4 cm³/mol. The third kappa shape index (κ3) is 2.36. The SMILES string of the molecule is C1=C[N]CC(C2CCCCCC2)=C1. The molecule has 1 saturated carbocycles. The summed E-state index contributed by atoms with van der Waals surface area (Å²) < 4.78 is 0. The van der Waals surface area contributed by atoms with Gasteiger partial charge in [0.05, 0.1) is 6.54 Å². The van der Waals surface area contributed by atoms with E-state index in [1.165, 1.54) is 38.5 Å². The van der Waals surface area contributed by atoms with Crippen LogP contribution in [0.4, 0.5) is 0 Å². The van der Waals surface area contributed by atoms with Crippen LogP contribution in [-0.4, -0.2) is 6.54 Å². The second-order valence-electron chi connectivity index (χ2n) is 4.11. The van der Waals surface area contributed by atoms with E-state index in [1.807, 2.05) is 6.20 Å². The van der Waals surface area contributed by atoms with Crippen molar-refractivity contribution < 1.29 is 0 Å². The zero-order valence-corrected chi connectivity index (χ0v) is 8.21. The molecule has 0 saturated heterocycles. The van der Waals surface area contributed by atoms with Crippen molar-refractivity contribution in [1.29, 1.82) is 0 Å². The highest BCUT2D eigenvalue weighted by Gasteiger charge is 2.16. The number of nitrogens with zero attached hydrogens (tertiary/aromatic N) is 1. The van der Waals surface area contributed by atoms with Crippen LogP contribution in [0.5, 0.6) is 0 Å². The zero-order valence-electron chi connectivity index (χ0n) is 8.21. The Kier molecular flexibility index (Phi) is 3.07. The van der Waals surface area contributed by atoms with Gasteiger partial charge in [-0.2, -0.15) is 0 Å². The lowest BCUT2D eigenvalue weighted by atomic mass is 9.90. The van der Waals surface area contributed by atoms with Crippen LogP contribution in [0, 0.1) is 5.92 Å². The standard InChI is InChI=1S/C12H18N/c1-2-4-7-11(6-3-1)12-8-5-9-13-10-12/h5,8-9,11H,1-4,6-7,10H2. The molecule has 1 aliphatic heterocycles. The first-order chi connectivity index (χ1) is 6.47. The third-order valence-corrected chi connectivity index (χ3v) is 3.16. The molecule has 0 bridgehead atoms. The predicted octanol–water partition coefficient (Wildman–Crippen LogP) is 3.01. The Hall–Kier alpha value is -0.720. The van der Waals surface area contributed by atoms with Crippen molar-refractivity contribution in [3.63, 3.8) is 0 Å². The summed E-state index contributed by atoms with van der Waals surface area (Å²) in [6.07, 6.45) is 14.8. The topological polar surface area (TPSA) is 14.1 Å². The molecule has 1 aliphatic carbocycles. The molecule has 1 heteroatoms. The summed E-state index contributed by atoms with van der Waals surface area (Å²) in [7, 11) is 0. The van der Waals surface area contributed by atoms with E-state index in [9.17, 15) is 0 Å². The summed E-state index contributed by atoms with van der Waals surface area (Å²) in [5.41, 5.74) is 1.57. The minimum absolute atomic E-state index is 0.844. The van der Waals surface area contributed by atoms with Gasteiger partial charge in [0.25, 0.3) is 0 Å². The van der Waals surface area contributed by atoms with Gasteiger partial charge in [-0.05, 0) is 30.4 Å². The molecular weight excluding hydrogens is 158 g/mol. The molecule has 1 nitrogen and oxygen atoms in total. The van der Waals surface area contributed by atoms with Crippen molar-refractivity contribution in [1.82, 2.24) is 5.32 Å². The van der Waals surface area contributed by atoms with Crippen molar-refractivity contribution in [2.24, 2.45) is 5.92 Å². The number of hydrogen-bond donors (Lipinski definition) is 0. The van der Waals surface area contributed by atoms with Crippen LogP contribution in [0.15, 0.2) is 23.9 Å². The molecule has 1 heterocycles. The zero-order chi connectivity index (χ0) is 8.93. The fourth-order valence-corrected chi connectivity index (χ4v) is 2.35. The number of rotatable bonds is 1. The van der Waals surface area contributed by atoms with Crippen LogP contribution in [0.25, 0.3) is 0 Å². The van der Waals surface area contributed by atoms with Gasteiger partial charge in [-0.15, -0.1) is 0 Å². The van der Waals surface area contributed by atoms with Crippen LogP contribution in [-0.2, 0) is 0 Å². The average molecular weight is 176 g/mol. The van der Waals surface area contributed by atoms with Crippen molar-refractivity contribution in [3.05, 3.63) is 23.9 Å². The molecule has 0 amide bonds. The first kappa shape index (κ1) is 8.86. The van der Waals surface area contributed by atoms with Gasteiger partial charge in [-0.3, -0.25) is 5.32 Å². The Morgan fingerprint density at radius 3 is 2.46 bits per heavy atom. The highest BCUT2D eigenvalue weighted by atomic mass is 14.8. The van der Waals surface area contributed by atoms with Gasteiger partial charge in [-0.1, -0.05) is 31.8 Å². The van der Waals surface area contributed by atoms with Crippen molar-refractivity contribution in [3.8, 4) is 0 Å². The van der Waals surface area contributed by atoms with Crippen LogP contribution < -0.4 is 5.32 Å². The van der Waals surface area contributed by atoms with Crippen LogP contribution in [0.3, 0.4) is 0 Å². The van der Waals surface area contributed by atoms with Crippen LogP contribution >= 0.6 is 0 Å². The van der Waals surface area contributed by atoms with Gasteiger partial charge in [0.2, 0.25) is 0 Å². The van der Waals surface area contributed by atoms with E-state index >= 15 is 0 Å². The summed E-state index contributed by atoms with van der Waals surface area (Å²) in [5, 5.41) is 4.32. The molecular formula is C12H18N. The largest absolute Gasteiger partial charge is 0.289 e. The molecule has 0 unspecified atom stereocenters. The Labute approximate surface area is 80.9 Å². The summed E-state index contributed by atoms with van der Waals surface area (Å²) in [6, 6.07) is 0. The van der Waals surface area contributed by atoms with Gasteiger partial charge in [0.15, 0.2) is 0 Å². The Morgan fingerprint density at radius 2 is 1.85 bits per heavy atom. The maximum atomic E-state index is 4.32. The maximum absolute atomic E-state index is 4.32. The molecule has 0 spiro atoms. The molecule has 0 aromatic heterocycles. The minimum atomic E-state index is 0.844. The van der Waals surface area contributed by atoms with Gasteiger partial charge in [0.1, 0.15) is 0 Å².